The topological polar surface area (TPSA) is 99.6 Å². The first-order valence-electron chi connectivity index (χ1n) is 10.6. The van der Waals surface area contributed by atoms with Crippen molar-refractivity contribution in [3.8, 4) is 0 Å². The zero-order chi connectivity index (χ0) is 20.9. The van der Waals surface area contributed by atoms with Crippen LogP contribution >= 0.6 is 0 Å². The number of carboxylic acid groups (broad SMARTS) is 1. The van der Waals surface area contributed by atoms with Gasteiger partial charge >= 0.3 is 5.97 Å². The summed E-state index contributed by atoms with van der Waals surface area (Å²) in [4.78, 5) is 22.4. The van der Waals surface area contributed by atoms with Gasteiger partial charge in [-0.25, -0.2) is 4.98 Å². The molecule has 8 nitrogen and oxygen atoms in total. The number of anilines is 4. The molecule has 0 amide bonds. The number of piperidine rings is 1. The van der Waals surface area contributed by atoms with Crippen molar-refractivity contribution in [1.29, 1.82) is 0 Å². The van der Waals surface area contributed by atoms with Gasteiger partial charge in [-0.3, -0.25) is 4.79 Å². The highest BCUT2D eigenvalue weighted by Crippen LogP contribution is 2.26. The van der Waals surface area contributed by atoms with E-state index in [-0.39, 0.29) is 12.0 Å². The first kappa shape index (κ1) is 20.4. The molecule has 3 N–H and O–H groups in total. The minimum atomic E-state index is -0.683. The fourth-order valence-electron chi connectivity index (χ4n) is 3.97. The molecule has 0 spiro atoms. The Morgan fingerprint density at radius 1 is 1.23 bits per heavy atom. The minimum Gasteiger partial charge on any atom is -0.481 e. The molecule has 1 aromatic heterocycles. The minimum absolute atomic E-state index is 0.219. The molecule has 0 saturated carbocycles. The van der Waals surface area contributed by atoms with Crippen LogP contribution in [0.2, 0.25) is 0 Å². The molecule has 0 aliphatic carbocycles. The quantitative estimate of drug-likeness (QED) is 0.637. The lowest BCUT2D eigenvalue weighted by Crippen LogP contribution is -2.36. The molecule has 8 heteroatoms. The number of hydrogen-bond donors (Lipinski definition) is 3. The number of carboxylic acids is 1. The highest BCUT2D eigenvalue weighted by atomic mass is 16.5. The molecule has 0 bridgehead atoms. The van der Waals surface area contributed by atoms with Crippen LogP contribution < -0.4 is 15.5 Å². The number of aliphatic carboxylic acids is 1. The highest BCUT2D eigenvalue weighted by molar-refractivity contribution is 5.70. The third kappa shape index (κ3) is 4.99. The maximum atomic E-state index is 11.1. The normalized spacial score (nSPS) is 19.6. The Morgan fingerprint density at radius 2 is 2.00 bits per heavy atom. The van der Waals surface area contributed by atoms with Crippen molar-refractivity contribution >= 4 is 29.1 Å². The molecule has 160 valence electrons. The summed E-state index contributed by atoms with van der Waals surface area (Å²) in [5.74, 6) is 0.465. The van der Waals surface area contributed by atoms with E-state index in [2.05, 4.69) is 25.5 Å². The Balaban J connectivity index is 1.35. The summed E-state index contributed by atoms with van der Waals surface area (Å²) in [6, 6.07) is 8.10. The predicted octanol–water partition coefficient (Wildman–Crippen LogP) is 3.42. The second kappa shape index (κ2) is 9.30. The van der Waals surface area contributed by atoms with Gasteiger partial charge in [-0.05, 0) is 56.9 Å². The summed E-state index contributed by atoms with van der Waals surface area (Å²) in [6.45, 7) is 5.12. The lowest BCUT2D eigenvalue weighted by atomic mass is 9.97. The van der Waals surface area contributed by atoms with Crippen molar-refractivity contribution in [3.05, 3.63) is 36.0 Å². The zero-order valence-corrected chi connectivity index (χ0v) is 17.3. The van der Waals surface area contributed by atoms with E-state index in [1.807, 2.05) is 37.4 Å². The van der Waals surface area contributed by atoms with Crippen molar-refractivity contribution in [2.75, 3.05) is 41.8 Å². The number of ether oxygens (including phenoxy) is 1. The molecule has 2 aromatic rings. The third-order valence-corrected chi connectivity index (χ3v) is 5.83. The maximum Gasteiger partial charge on any atom is 0.306 e. The molecule has 0 radical (unpaired) electrons. The zero-order valence-electron chi connectivity index (χ0n) is 17.3. The summed E-state index contributed by atoms with van der Waals surface area (Å²) in [7, 11) is 0. The predicted molar refractivity (Wildman–Crippen MR) is 117 cm³/mol. The van der Waals surface area contributed by atoms with Crippen LogP contribution in [-0.4, -0.2) is 53.4 Å². The molecule has 3 heterocycles. The van der Waals surface area contributed by atoms with Crippen LogP contribution in [0, 0.1) is 12.8 Å². The maximum absolute atomic E-state index is 11.1. The van der Waals surface area contributed by atoms with Crippen LogP contribution in [0.1, 0.15) is 31.2 Å². The number of nitrogens with one attached hydrogen (secondary N) is 2. The number of carbonyl (C=O) groups is 1. The molecular formula is C22H29N5O3. The van der Waals surface area contributed by atoms with Gasteiger partial charge < -0.3 is 25.4 Å². The standard InChI is InChI=1S/C22H29N5O3/c1-15-13-24-22(26-20(15)23-14-19-3-2-12-30-19)25-17-4-6-18(7-5-17)27-10-8-16(9-11-27)21(28)29/h4-7,13,16,19H,2-3,8-12,14H2,1H3,(H,28,29)(H2,23,24,25,26). The number of aryl methyl sites for hydroxylation is 1. The van der Waals surface area contributed by atoms with Gasteiger partial charge in [-0.15, -0.1) is 0 Å². The van der Waals surface area contributed by atoms with Crippen LogP contribution in [-0.2, 0) is 9.53 Å². The van der Waals surface area contributed by atoms with Crippen molar-refractivity contribution in [1.82, 2.24) is 9.97 Å². The first-order valence-corrected chi connectivity index (χ1v) is 10.6. The molecule has 4 rings (SSSR count). The third-order valence-electron chi connectivity index (χ3n) is 5.83. The molecule has 2 saturated heterocycles. The fourth-order valence-corrected chi connectivity index (χ4v) is 3.97. The highest BCUT2D eigenvalue weighted by Gasteiger charge is 2.24. The summed E-state index contributed by atoms with van der Waals surface area (Å²) >= 11 is 0. The second-order valence-corrected chi connectivity index (χ2v) is 8.01. The molecule has 1 aromatic carbocycles. The first-order chi connectivity index (χ1) is 14.6. The van der Waals surface area contributed by atoms with E-state index in [4.69, 9.17) is 9.84 Å². The van der Waals surface area contributed by atoms with E-state index < -0.39 is 5.97 Å². The van der Waals surface area contributed by atoms with Crippen LogP contribution in [0.4, 0.5) is 23.1 Å². The van der Waals surface area contributed by atoms with Gasteiger partial charge in [0.1, 0.15) is 5.82 Å². The lowest BCUT2D eigenvalue weighted by molar-refractivity contribution is -0.142. The van der Waals surface area contributed by atoms with E-state index in [0.29, 0.717) is 18.8 Å². The van der Waals surface area contributed by atoms with Gasteiger partial charge in [0, 0.05) is 49.4 Å². The number of aromatic nitrogens is 2. The summed E-state index contributed by atoms with van der Waals surface area (Å²) in [5, 5.41) is 15.8. The van der Waals surface area contributed by atoms with E-state index in [1.54, 1.807) is 0 Å². The number of nitrogens with zero attached hydrogens (tertiary/aromatic N) is 3. The van der Waals surface area contributed by atoms with Gasteiger partial charge in [0.25, 0.3) is 0 Å². The van der Waals surface area contributed by atoms with Gasteiger partial charge in [0.15, 0.2) is 0 Å². The molecule has 2 fully saturated rings. The molecule has 2 aliphatic rings. The van der Waals surface area contributed by atoms with Gasteiger partial charge in [-0.1, -0.05) is 0 Å². The van der Waals surface area contributed by atoms with Crippen molar-refractivity contribution in [2.24, 2.45) is 5.92 Å². The van der Waals surface area contributed by atoms with Crippen molar-refractivity contribution in [2.45, 2.75) is 38.7 Å². The van der Waals surface area contributed by atoms with Crippen LogP contribution in [0.15, 0.2) is 30.5 Å². The second-order valence-electron chi connectivity index (χ2n) is 8.01. The van der Waals surface area contributed by atoms with Gasteiger partial charge in [-0.2, -0.15) is 4.98 Å². The number of rotatable bonds is 7. The van der Waals surface area contributed by atoms with Crippen molar-refractivity contribution in [3.63, 3.8) is 0 Å². The monoisotopic (exact) mass is 411 g/mol. The SMILES string of the molecule is Cc1cnc(Nc2ccc(N3CCC(C(=O)O)CC3)cc2)nc1NCC1CCCO1. The van der Waals surface area contributed by atoms with Crippen LogP contribution in [0.25, 0.3) is 0 Å². The van der Waals surface area contributed by atoms with Gasteiger partial charge in [0.2, 0.25) is 5.95 Å². The lowest BCUT2D eigenvalue weighted by Gasteiger charge is -2.32. The molecule has 2 aliphatic heterocycles. The van der Waals surface area contributed by atoms with E-state index in [0.717, 1.165) is 61.8 Å². The van der Waals surface area contributed by atoms with E-state index >= 15 is 0 Å². The Morgan fingerprint density at radius 3 is 2.67 bits per heavy atom. The average Bonchev–Trinajstić information content (AvgIpc) is 3.28. The smallest absolute Gasteiger partial charge is 0.306 e. The fraction of sp³-hybridized carbons (Fsp3) is 0.500. The van der Waals surface area contributed by atoms with E-state index in [1.165, 1.54) is 0 Å². The van der Waals surface area contributed by atoms with Crippen LogP contribution in [0.3, 0.4) is 0 Å². The molecular weight excluding hydrogens is 382 g/mol. The Hall–Kier alpha value is -2.87. The Kier molecular flexibility index (Phi) is 6.32. The Bertz CT molecular complexity index is 860. The average molecular weight is 412 g/mol. The van der Waals surface area contributed by atoms with Gasteiger partial charge in [0.05, 0.1) is 12.0 Å². The summed E-state index contributed by atoms with van der Waals surface area (Å²) < 4.78 is 5.66. The Labute approximate surface area is 176 Å². The largest absolute Gasteiger partial charge is 0.481 e. The van der Waals surface area contributed by atoms with Crippen LogP contribution in [0.5, 0.6) is 0 Å². The number of hydrogen-bond acceptors (Lipinski definition) is 7. The van der Waals surface area contributed by atoms with Crippen molar-refractivity contribution < 1.29 is 14.6 Å². The molecule has 30 heavy (non-hydrogen) atoms. The number of benzene rings is 1. The molecule has 1 unspecified atom stereocenters. The summed E-state index contributed by atoms with van der Waals surface area (Å²) in [6.07, 6.45) is 5.65. The summed E-state index contributed by atoms with van der Waals surface area (Å²) in [5.41, 5.74) is 3.01. The van der Waals surface area contributed by atoms with E-state index in [9.17, 15) is 4.79 Å². The molecule has 1 atom stereocenters.